The van der Waals surface area contributed by atoms with Crippen LogP contribution in [0.4, 0.5) is 25.8 Å². The molecule has 0 saturated heterocycles. The van der Waals surface area contributed by atoms with E-state index in [4.69, 9.17) is 46.3 Å². The van der Waals surface area contributed by atoms with Crippen LogP contribution >= 0.6 is 132 Å². The van der Waals surface area contributed by atoms with E-state index in [2.05, 4.69) is 88.9 Å². The summed E-state index contributed by atoms with van der Waals surface area (Å²) < 4.78 is 138. The Morgan fingerprint density at radius 2 is 0.975 bits per heavy atom. The van der Waals surface area contributed by atoms with Gasteiger partial charge in [-0.1, -0.05) is 40.3 Å². The van der Waals surface area contributed by atoms with Gasteiger partial charge in [-0.05, 0) is 171 Å². The van der Waals surface area contributed by atoms with E-state index in [0.29, 0.717) is 80.6 Å². The van der Waals surface area contributed by atoms with E-state index in [-0.39, 0.29) is 47.9 Å². The van der Waals surface area contributed by atoms with Gasteiger partial charge in [0.25, 0.3) is 16.7 Å². The van der Waals surface area contributed by atoms with Gasteiger partial charge in [-0.25, -0.2) is 39.9 Å². The molecule has 0 aliphatic heterocycles. The quantitative estimate of drug-likeness (QED) is 0.0163. The molecule has 13 heterocycles. The van der Waals surface area contributed by atoms with Crippen LogP contribution in [0, 0.1) is 45.7 Å². The number of rotatable bonds is 15. The lowest BCUT2D eigenvalue weighted by atomic mass is 10.2. The van der Waals surface area contributed by atoms with Crippen molar-refractivity contribution in [3.8, 4) is 17.2 Å². The number of halogens is 11. The third-order valence-electron chi connectivity index (χ3n) is 16.8. The maximum absolute atomic E-state index is 13.7. The summed E-state index contributed by atoms with van der Waals surface area (Å²) in [6.07, 6.45) is 10.1. The highest BCUT2D eigenvalue weighted by molar-refractivity contribution is 9.11. The Hall–Kier alpha value is -9.94. The second-order valence-corrected chi connectivity index (χ2v) is 35.8. The number of carbonyl (C=O) groups is 4. The Bertz CT molecular complexity index is 6830. The number of aromatic amines is 1. The van der Waals surface area contributed by atoms with Crippen molar-refractivity contribution < 1.29 is 88.8 Å². The van der Waals surface area contributed by atoms with Crippen molar-refractivity contribution in [2.45, 2.75) is 78.9 Å². The minimum atomic E-state index is -6.22. The Morgan fingerprint density at radius 3 is 1.42 bits per heavy atom. The number of aldehydes is 1. The van der Waals surface area contributed by atoms with Crippen LogP contribution in [0.25, 0.3) is 56.5 Å². The highest BCUT2D eigenvalue weighted by Gasteiger charge is 2.55. The predicted octanol–water partition coefficient (Wildman–Crippen LogP) is 19.1. The molecule has 0 atom stereocenters. The van der Waals surface area contributed by atoms with Gasteiger partial charge >= 0.3 is 39.6 Å². The Kier molecular flexibility index (Phi) is 33.5. The molecule has 3 aromatic carbocycles. The number of carbonyl (C=O) groups excluding carboxylic acids is 4. The first kappa shape index (κ1) is 97.5. The Balaban J connectivity index is 0.000000201. The van der Waals surface area contributed by atoms with Crippen molar-refractivity contribution in [1.29, 1.82) is 11.1 Å². The molecule has 0 spiro atoms. The summed E-state index contributed by atoms with van der Waals surface area (Å²) in [5.41, 5.74) is 12.0. The van der Waals surface area contributed by atoms with E-state index in [9.17, 15) is 67.8 Å². The fourth-order valence-corrected chi connectivity index (χ4v) is 19.9. The fraction of sp³-hybridized carbons (Fsp3) is 0.237. The monoisotopic (exact) mass is 2080 g/mol. The first-order valence-corrected chi connectivity index (χ1v) is 43.9. The molecule has 0 unspecified atom stereocenters. The highest BCUT2D eigenvalue weighted by Crippen LogP contribution is 2.41. The van der Waals surface area contributed by atoms with Crippen molar-refractivity contribution in [1.82, 2.24) is 51.8 Å². The number of hydrogen-bond donors (Lipinski definition) is 3. The molecule has 122 heavy (non-hydrogen) atoms. The van der Waals surface area contributed by atoms with Crippen molar-refractivity contribution in [3.63, 3.8) is 0 Å². The van der Waals surface area contributed by atoms with Gasteiger partial charge in [0.15, 0.2) is 6.29 Å². The number of alkyl halides is 6. The second-order valence-electron chi connectivity index (χ2n) is 24.9. The topological polar surface area (TPSA) is 375 Å². The summed E-state index contributed by atoms with van der Waals surface area (Å²) in [6, 6.07) is 24.2. The van der Waals surface area contributed by atoms with Gasteiger partial charge in [-0.2, -0.15) is 45.7 Å². The summed E-state index contributed by atoms with van der Waals surface area (Å²) in [5.74, 6) is -0.441. The minimum Gasteiger partial charge on any atom is -0.497 e. The fourth-order valence-electron chi connectivity index (χ4n) is 11.7. The number of fused-ring (bicyclic) bond motifs is 11. The Labute approximate surface area is 747 Å². The standard InChI is InChI=1S/C18H14F3N3O2S.C17H14BrN3O2S.C11H10BrNO3S.C10H10BrNO2S.C9H6BrN3OS.C8H9ClO.C3H3F3O4S.H2N2.H2O.H2/c1-10-8-23-15(18(19,20)21)14-13(17(23)27-10)7-22-24(16(14)25)9-11-4-3-5-12(6-11)26-2;1-10-8-20-15(18)14-13(17(20)24-10)7-19-21(16(14)22)9-11-4-3-5-12(6-11)23-2;1-3-16-11(15)8-7(5-14)10-13(9(8)12)4-6(2)17-10;1-3-14-10(13)7-4-8-12(9(7)11)5-6(2)15-8;1-4-3-13-7(10)6-5(9(13)15-4)2-11-12-8(6)14;1-10-8-4-2-3-7(5-8)6-9;1-10-2(7)3(4,5)11(6,8)9;1-2;;/h3-8H,9H2,1-2H3;3-8H,9H2,1-2H3;4-5H,3H2,1-2H3;4-5H,3H2,1-2H3;2-3H,1H3,(H,12,14);2-5H,6H2,1H3;1H3;1-2H;1H2;1H. The van der Waals surface area contributed by atoms with E-state index in [1.165, 1.54) is 61.5 Å². The zero-order chi connectivity index (χ0) is 89.0. The summed E-state index contributed by atoms with van der Waals surface area (Å²) in [7, 11) is -0.918. The predicted molar refractivity (Wildman–Crippen MR) is 473 cm³/mol. The molecule has 29 nitrogen and oxygen atoms in total. The molecule has 0 saturated carbocycles. The average molecular weight is 2080 g/mol. The Morgan fingerprint density at radius 1 is 0.566 bits per heavy atom. The number of benzene rings is 3. The highest BCUT2D eigenvalue weighted by atomic mass is 79.9. The van der Waals surface area contributed by atoms with Crippen LogP contribution < -0.4 is 30.9 Å². The number of H-pyrrole nitrogens is 1. The van der Waals surface area contributed by atoms with Crippen LogP contribution in [-0.2, 0) is 54.4 Å². The number of aryl methyl sites for hydroxylation is 5. The van der Waals surface area contributed by atoms with Gasteiger partial charge < -0.3 is 55.9 Å². The van der Waals surface area contributed by atoms with E-state index in [0.717, 1.165) is 85.4 Å². The molecule has 0 bridgehead atoms. The van der Waals surface area contributed by atoms with Crippen LogP contribution in [0.1, 0.15) is 93.1 Å². The lowest BCUT2D eigenvalue weighted by Gasteiger charge is -2.09. The number of ether oxygens (including phenoxy) is 6. The summed E-state index contributed by atoms with van der Waals surface area (Å²) in [6.45, 7) is 14.5. The summed E-state index contributed by atoms with van der Waals surface area (Å²) in [4.78, 5) is 91.4. The molecule has 16 rings (SSSR count). The molecule has 0 amide bonds. The first-order valence-electron chi connectivity index (χ1n) is 34.7. The molecule has 0 radical (unpaired) electrons. The van der Waals surface area contributed by atoms with E-state index in [1.807, 2.05) is 120 Å². The van der Waals surface area contributed by atoms with Crippen LogP contribution in [-0.4, -0.2) is 137 Å². The number of hydrogen-bond acceptors (Lipinski definition) is 25. The number of esters is 3. The lowest BCUT2D eigenvalue weighted by Crippen LogP contribution is -2.36. The van der Waals surface area contributed by atoms with Crippen molar-refractivity contribution >= 4 is 223 Å². The molecule has 650 valence electrons. The summed E-state index contributed by atoms with van der Waals surface area (Å²) >= 11 is 27.0. The van der Waals surface area contributed by atoms with E-state index >= 15 is 0 Å². The van der Waals surface area contributed by atoms with Crippen LogP contribution in [0.3, 0.4) is 0 Å². The molecule has 13 aromatic heterocycles. The molecular formula is C76H72Br4ClF6N13O16S6. The molecular weight excluding hydrogens is 2010 g/mol. The van der Waals surface area contributed by atoms with Crippen LogP contribution in [0.2, 0.25) is 0 Å². The first-order chi connectivity index (χ1) is 57.4. The van der Waals surface area contributed by atoms with Crippen LogP contribution in [0.15, 0.2) is 161 Å². The van der Waals surface area contributed by atoms with Crippen molar-refractivity contribution in [2.24, 2.45) is 0 Å². The molecule has 0 aliphatic rings. The van der Waals surface area contributed by atoms with Gasteiger partial charge in [0, 0.05) is 78.8 Å². The third kappa shape index (κ3) is 21.4. The largest absolute Gasteiger partial charge is 0.497 e. The maximum atomic E-state index is 13.7. The smallest absolute Gasteiger partial charge is 0.470 e. The minimum absolute atomic E-state index is 0. The number of methoxy groups -OCH3 is 4. The zero-order valence-corrected chi connectivity index (χ0v) is 77.4. The number of nitrogens with zero attached hydrogens (tertiary/aromatic N) is 10. The number of thiazole rings is 5. The van der Waals surface area contributed by atoms with Gasteiger partial charge in [0.1, 0.15) is 71.1 Å². The van der Waals surface area contributed by atoms with Gasteiger partial charge in [0.05, 0.1) is 101 Å². The van der Waals surface area contributed by atoms with Gasteiger partial charge in [-0.3, -0.25) is 19.2 Å². The lowest BCUT2D eigenvalue weighted by molar-refractivity contribution is -0.157. The normalized spacial score (nSPS) is 11.2. The third-order valence-corrected chi connectivity index (χ3v) is 26.2. The average Bonchev–Trinajstić information content (AvgIpc) is 1.52. The maximum Gasteiger partial charge on any atom is 0.470 e. The molecule has 5 N–H and O–H groups in total. The summed E-state index contributed by atoms with van der Waals surface area (Å²) in [5, 5.41) is 12.6. The molecule has 0 aliphatic carbocycles. The molecule has 0 fully saturated rings. The van der Waals surface area contributed by atoms with Crippen LogP contribution in [0.5, 0.6) is 17.2 Å². The van der Waals surface area contributed by atoms with Crippen molar-refractivity contribution in [2.75, 3.05) is 41.7 Å². The number of aromatic nitrogens is 11. The van der Waals surface area contributed by atoms with E-state index < -0.39 is 44.8 Å². The van der Waals surface area contributed by atoms with Gasteiger partial charge in [-0.15, -0.1) is 68.3 Å². The second kappa shape index (κ2) is 42.0. The van der Waals surface area contributed by atoms with E-state index in [1.54, 1.807) is 110 Å². The van der Waals surface area contributed by atoms with Crippen molar-refractivity contribution in [3.05, 3.63) is 241 Å². The SMILES string of the molecule is CCOC(=O)c1c(C=O)c2sc(C)cn2c1Br.CCOC(=O)c1cc2sc(C)cn2c1Br.COC(=O)C(F)(F)S(=O)(=O)F.COc1cccc(CCl)c1.COc1cccc(Cn2ncc3c(c(Br)n4cc(C)sc34)c2=O)c1.COc1cccc(Cn2ncc3c(c(C(F)(F)F)n4cc(C)sc34)c2=O)c1.Cc1cn2c(Br)c3c(=O)[nH]ncc3c2s1.N=N.O.[HH]. The molecule has 16 aromatic rings. The molecule has 46 heteroatoms. The number of nitrogens with one attached hydrogen (secondary N) is 3. The van der Waals surface area contributed by atoms with Gasteiger partial charge in [0.2, 0.25) is 0 Å². The zero-order valence-electron chi connectivity index (χ0n) is 65.4.